The molecule has 0 heterocycles. The Kier molecular flexibility index (Phi) is 2.74. The first-order chi connectivity index (χ1) is 5.70. The lowest BCUT2D eigenvalue weighted by atomic mass is 10.0. The molecule has 1 heteroatoms. The highest BCUT2D eigenvalue weighted by Crippen LogP contribution is 2.26. The molecule has 0 bridgehead atoms. The molecule has 1 aromatic rings. The van der Waals surface area contributed by atoms with E-state index in [0.717, 1.165) is 12.2 Å². The van der Waals surface area contributed by atoms with Gasteiger partial charge in [0.2, 0.25) is 0 Å². The molecule has 1 rings (SSSR count). The molecule has 0 radical (unpaired) electrons. The van der Waals surface area contributed by atoms with Gasteiger partial charge >= 0.3 is 0 Å². The summed E-state index contributed by atoms with van der Waals surface area (Å²) in [6, 6.07) is 4.25. The molecule has 0 aliphatic rings. The monoisotopic (exact) mass is 164 g/mol. The summed E-state index contributed by atoms with van der Waals surface area (Å²) in [5, 5.41) is 0. The number of hydrogen-bond acceptors (Lipinski definition) is 1. The molecule has 0 atom stereocenters. The first-order valence-corrected chi connectivity index (χ1v) is 4.33. The number of benzene rings is 1. The van der Waals surface area contributed by atoms with Crippen LogP contribution in [0.1, 0.15) is 23.6 Å². The van der Waals surface area contributed by atoms with Gasteiger partial charge in [-0.2, -0.15) is 0 Å². The molecule has 0 unspecified atom stereocenters. The molecule has 0 fully saturated rings. The average molecular weight is 164 g/mol. The van der Waals surface area contributed by atoms with Crippen molar-refractivity contribution in [1.29, 1.82) is 0 Å². The van der Waals surface area contributed by atoms with E-state index in [-0.39, 0.29) is 0 Å². The summed E-state index contributed by atoms with van der Waals surface area (Å²) < 4.78 is 5.35. The first kappa shape index (κ1) is 9.11. The van der Waals surface area contributed by atoms with Crippen molar-refractivity contribution in [1.82, 2.24) is 0 Å². The van der Waals surface area contributed by atoms with Crippen LogP contribution in [0.25, 0.3) is 0 Å². The van der Waals surface area contributed by atoms with Crippen LogP contribution in [-0.4, -0.2) is 7.11 Å². The topological polar surface area (TPSA) is 9.23 Å². The Hall–Kier alpha value is -0.980. The minimum absolute atomic E-state index is 1.04. The fourth-order valence-corrected chi connectivity index (χ4v) is 1.57. The van der Waals surface area contributed by atoms with E-state index < -0.39 is 0 Å². The highest BCUT2D eigenvalue weighted by atomic mass is 16.5. The normalized spacial score (nSPS) is 10.0. The number of methoxy groups -OCH3 is 1. The van der Waals surface area contributed by atoms with Crippen molar-refractivity contribution in [3.05, 3.63) is 28.8 Å². The minimum Gasteiger partial charge on any atom is -0.496 e. The fraction of sp³-hybridized carbons (Fsp3) is 0.455. The summed E-state index contributed by atoms with van der Waals surface area (Å²) in [7, 11) is 1.74. The van der Waals surface area contributed by atoms with Gasteiger partial charge in [0.25, 0.3) is 0 Å². The molecule has 1 aromatic carbocycles. The molecule has 0 aliphatic carbocycles. The van der Waals surface area contributed by atoms with Gasteiger partial charge in [-0.15, -0.1) is 0 Å². The highest BCUT2D eigenvalue weighted by molar-refractivity contribution is 5.45. The van der Waals surface area contributed by atoms with Crippen molar-refractivity contribution in [2.24, 2.45) is 0 Å². The van der Waals surface area contributed by atoms with E-state index in [1.54, 1.807) is 7.11 Å². The molecule has 0 N–H and O–H groups in total. The molecule has 0 amide bonds. The standard InChI is InChI=1S/C11H16O/c1-5-10-8(2)6-7-9(3)11(10)12-4/h6-7H,5H2,1-4H3. The van der Waals surface area contributed by atoms with Gasteiger partial charge in [-0.1, -0.05) is 19.1 Å². The van der Waals surface area contributed by atoms with Gasteiger partial charge in [0.15, 0.2) is 0 Å². The summed E-state index contributed by atoms with van der Waals surface area (Å²) in [6.07, 6.45) is 1.04. The van der Waals surface area contributed by atoms with Crippen molar-refractivity contribution < 1.29 is 4.74 Å². The Morgan fingerprint density at radius 1 is 1.17 bits per heavy atom. The Labute approximate surface area is 74.4 Å². The third kappa shape index (κ3) is 1.45. The highest BCUT2D eigenvalue weighted by Gasteiger charge is 2.06. The molecule has 66 valence electrons. The quantitative estimate of drug-likeness (QED) is 0.653. The van der Waals surface area contributed by atoms with Crippen LogP contribution in [0.3, 0.4) is 0 Å². The molecule has 0 saturated carbocycles. The minimum atomic E-state index is 1.04. The van der Waals surface area contributed by atoms with Crippen LogP contribution in [0.15, 0.2) is 12.1 Å². The number of aryl methyl sites for hydroxylation is 2. The Balaban J connectivity index is 3.28. The lowest BCUT2D eigenvalue weighted by Gasteiger charge is -2.12. The zero-order chi connectivity index (χ0) is 9.14. The van der Waals surface area contributed by atoms with Gasteiger partial charge in [-0.3, -0.25) is 0 Å². The molecule has 0 saturated heterocycles. The van der Waals surface area contributed by atoms with Crippen molar-refractivity contribution in [3.63, 3.8) is 0 Å². The predicted molar refractivity (Wildman–Crippen MR) is 51.8 cm³/mol. The van der Waals surface area contributed by atoms with Gasteiger partial charge < -0.3 is 4.74 Å². The maximum absolute atomic E-state index is 5.35. The number of hydrogen-bond donors (Lipinski definition) is 0. The van der Waals surface area contributed by atoms with Crippen LogP contribution in [0.5, 0.6) is 5.75 Å². The molecule has 0 aliphatic heterocycles. The van der Waals surface area contributed by atoms with Crippen molar-refractivity contribution in [2.45, 2.75) is 27.2 Å². The zero-order valence-corrected chi connectivity index (χ0v) is 8.27. The number of ether oxygens (including phenoxy) is 1. The van der Waals surface area contributed by atoms with Crippen molar-refractivity contribution in [2.75, 3.05) is 7.11 Å². The lowest BCUT2D eigenvalue weighted by molar-refractivity contribution is 0.406. The van der Waals surface area contributed by atoms with E-state index in [9.17, 15) is 0 Å². The van der Waals surface area contributed by atoms with Crippen molar-refractivity contribution in [3.8, 4) is 5.75 Å². The lowest BCUT2D eigenvalue weighted by Crippen LogP contribution is -1.96. The van der Waals surface area contributed by atoms with Gasteiger partial charge in [0.1, 0.15) is 5.75 Å². The van der Waals surface area contributed by atoms with Crippen LogP contribution in [0.2, 0.25) is 0 Å². The predicted octanol–water partition coefficient (Wildman–Crippen LogP) is 2.87. The molecule has 12 heavy (non-hydrogen) atoms. The molecular weight excluding hydrogens is 148 g/mol. The van der Waals surface area contributed by atoms with E-state index in [1.165, 1.54) is 16.7 Å². The maximum atomic E-state index is 5.35. The van der Waals surface area contributed by atoms with E-state index in [0.29, 0.717) is 0 Å². The maximum Gasteiger partial charge on any atom is 0.125 e. The second-order valence-corrected chi connectivity index (χ2v) is 3.06. The summed E-state index contributed by atoms with van der Waals surface area (Å²) in [5.74, 6) is 1.05. The largest absolute Gasteiger partial charge is 0.496 e. The van der Waals surface area contributed by atoms with Gasteiger partial charge in [0, 0.05) is 0 Å². The second kappa shape index (κ2) is 3.61. The third-order valence-corrected chi connectivity index (χ3v) is 2.25. The SMILES string of the molecule is CCc1c(C)ccc(C)c1OC. The van der Waals surface area contributed by atoms with Gasteiger partial charge in [-0.05, 0) is 37.0 Å². The molecule has 0 aromatic heterocycles. The van der Waals surface area contributed by atoms with Gasteiger partial charge in [0.05, 0.1) is 7.11 Å². The van der Waals surface area contributed by atoms with E-state index in [1.807, 2.05) is 0 Å². The Bertz CT molecular complexity index is 248. The molecule has 1 nitrogen and oxygen atoms in total. The van der Waals surface area contributed by atoms with Crippen LogP contribution >= 0.6 is 0 Å². The first-order valence-electron chi connectivity index (χ1n) is 4.33. The smallest absolute Gasteiger partial charge is 0.125 e. The van der Waals surface area contributed by atoms with Crippen LogP contribution in [0.4, 0.5) is 0 Å². The zero-order valence-electron chi connectivity index (χ0n) is 8.27. The van der Waals surface area contributed by atoms with Gasteiger partial charge in [-0.25, -0.2) is 0 Å². The second-order valence-electron chi connectivity index (χ2n) is 3.06. The molecular formula is C11H16O. The fourth-order valence-electron chi connectivity index (χ4n) is 1.57. The summed E-state index contributed by atoms with van der Waals surface area (Å²) >= 11 is 0. The van der Waals surface area contributed by atoms with Crippen LogP contribution in [-0.2, 0) is 6.42 Å². The van der Waals surface area contributed by atoms with E-state index in [4.69, 9.17) is 4.74 Å². The van der Waals surface area contributed by atoms with E-state index >= 15 is 0 Å². The molecule has 0 spiro atoms. The summed E-state index contributed by atoms with van der Waals surface area (Å²) in [6.45, 7) is 6.36. The van der Waals surface area contributed by atoms with Crippen LogP contribution in [0, 0.1) is 13.8 Å². The third-order valence-electron chi connectivity index (χ3n) is 2.25. The Morgan fingerprint density at radius 2 is 1.75 bits per heavy atom. The Morgan fingerprint density at radius 3 is 2.17 bits per heavy atom. The van der Waals surface area contributed by atoms with E-state index in [2.05, 4.69) is 32.9 Å². The average Bonchev–Trinajstić information content (AvgIpc) is 2.08. The summed E-state index contributed by atoms with van der Waals surface area (Å²) in [5.41, 5.74) is 3.87. The van der Waals surface area contributed by atoms with Crippen LogP contribution < -0.4 is 4.74 Å². The number of rotatable bonds is 2. The van der Waals surface area contributed by atoms with Crippen molar-refractivity contribution >= 4 is 0 Å². The summed E-state index contributed by atoms with van der Waals surface area (Å²) in [4.78, 5) is 0.